The van der Waals surface area contributed by atoms with Gasteiger partial charge in [0.05, 0.1) is 17.6 Å². The minimum Gasteiger partial charge on any atom is -0.383 e. The first-order chi connectivity index (χ1) is 12.9. The third-order valence-corrected chi connectivity index (χ3v) is 4.25. The zero-order chi connectivity index (χ0) is 19.6. The molecular weight excluding hydrogens is 346 g/mol. The largest absolute Gasteiger partial charge is 0.383 e. The number of ether oxygens (including phenoxy) is 1. The number of aromatic nitrogens is 3. The van der Waals surface area contributed by atoms with Crippen molar-refractivity contribution in [3.63, 3.8) is 0 Å². The van der Waals surface area contributed by atoms with Crippen molar-refractivity contribution < 1.29 is 9.53 Å². The summed E-state index contributed by atoms with van der Waals surface area (Å²) in [6, 6.07) is 6.73. The highest BCUT2D eigenvalue weighted by atomic mass is 16.5. The van der Waals surface area contributed by atoms with E-state index in [-0.39, 0.29) is 28.4 Å². The molecule has 0 aromatic carbocycles. The molecule has 3 aromatic heterocycles. The first kappa shape index (κ1) is 18.8. The average Bonchev–Trinajstić information content (AvgIpc) is 2.65. The molecule has 0 aliphatic heterocycles. The zero-order valence-corrected chi connectivity index (χ0v) is 15.7. The molecule has 3 heterocycles. The Morgan fingerprint density at radius 2 is 2.15 bits per heavy atom. The van der Waals surface area contributed by atoms with Gasteiger partial charge in [0.25, 0.3) is 11.5 Å². The minimum atomic E-state index is -0.376. The van der Waals surface area contributed by atoms with E-state index in [0.29, 0.717) is 36.4 Å². The van der Waals surface area contributed by atoms with Crippen LogP contribution in [0.3, 0.4) is 0 Å². The van der Waals surface area contributed by atoms with Crippen LogP contribution in [-0.4, -0.2) is 40.1 Å². The van der Waals surface area contributed by atoms with Gasteiger partial charge in [-0.3, -0.25) is 19.4 Å². The molecule has 0 fully saturated rings. The van der Waals surface area contributed by atoms with E-state index in [4.69, 9.17) is 10.1 Å². The van der Waals surface area contributed by atoms with Crippen molar-refractivity contribution in [3.8, 4) is 0 Å². The quantitative estimate of drug-likeness (QED) is 0.637. The molecule has 0 spiro atoms. The van der Waals surface area contributed by atoms with Gasteiger partial charge >= 0.3 is 0 Å². The van der Waals surface area contributed by atoms with Crippen molar-refractivity contribution in [1.82, 2.24) is 19.3 Å². The Balaban J connectivity index is 2.28. The molecule has 1 amide bonds. The molecule has 0 saturated heterocycles. The van der Waals surface area contributed by atoms with Gasteiger partial charge in [-0.15, -0.1) is 0 Å². The maximum Gasteiger partial charge on any atom is 0.267 e. The van der Waals surface area contributed by atoms with Gasteiger partial charge in [-0.2, -0.15) is 0 Å². The monoisotopic (exact) mass is 369 g/mol. The lowest BCUT2D eigenvalue weighted by Crippen LogP contribution is -2.36. The second-order valence-corrected chi connectivity index (χ2v) is 6.74. The highest BCUT2D eigenvalue weighted by Crippen LogP contribution is 2.10. The molecule has 142 valence electrons. The Kier molecular flexibility index (Phi) is 5.36. The molecule has 8 heteroatoms. The molecule has 3 aromatic rings. The van der Waals surface area contributed by atoms with E-state index in [2.05, 4.69) is 10.3 Å². The Morgan fingerprint density at radius 1 is 1.37 bits per heavy atom. The number of methoxy groups -OCH3 is 1. The summed E-state index contributed by atoms with van der Waals surface area (Å²) in [5.41, 5.74) is 0.730. The standard InChI is InChI=1S/C19H23N5O3/c1-12(2)11-21-18(25)13-10-14-17(24(16(13)20)8-9-27-3)22-15-6-4-5-7-23(15)19(14)26/h4-7,10,12,20H,8-9,11H2,1-3H3,(H,21,25). The molecule has 0 aliphatic carbocycles. The first-order valence-electron chi connectivity index (χ1n) is 8.80. The van der Waals surface area contributed by atoms with Gasteiger partial charge in [-0.05, 0) is 24.1 Å². The number of pyridine rings is 2. The number of nitrogens with zero attached hydrogens (tertiary/aromatic N) is 3. The van der Waals surface area contributed by atoms with Crippen LogP contribution in [0.5, 0.6) is 0 Å². The third kappa shape index (κ3) is 3.61. The van der Waals surface area contributed by atoms with Crippen molar-refractivity contribution in [2.24, 2.45) is 5.92 Å². The number of amides is 1. The lowest BCUT2D eigenvalue weighted by molar-refractivity contribution is 0.0946. The number of carbonyl (C=O) groups excluding carboxylic acids is 1. The van der Waals surface area contributed by atoms with Crippen molar-refractivity contribution >= 4 is 22.6 Å². The van der Waals surface area contributed by atoms with Crippen molar-refractivity contribution in [2.75, 3.05) is 20.3 Å². The molecule has 0 saturated carbocycles. The van der Waals surface area contributed by atoms with Gasteiger partial charge in [0.1, 0.15) is 16.8 Å². The lowest BCUT2D eigenvalue weighted by atomic mass is 10.1. The fraction of sp³-hybridized carbons (Fsp3) is 0.368. The highest BCUT2D eigenvalue weighted by molar-refractivity contribution is 5.96. The van der Waals surface area contributed by atoms with Gasteiger partial charge < -0.3 is 14.6 Å². The van der Waals surface area contributed by atoms with E-state index in [0.717, 1.165) is 0 Å². The van der Waals surface area contributed by atoms with E-state index in [1.54, 1.807) is 36.1 Å². The topological polar surface area (TPSA) is 101 Å². The number of hydrogen-bond acceptors (Lipinski definition) is 5. The molecule has 0 radical (unpaired) electrons. The van der Waals surface area contributed by atoms with E-state index < -0.39 is 0 Å². The zero-order valence-electron chi connectivity index (χ0n) is 15.7. The van der Waals surface area contributed by atoms with Crippen molar-refractivity contribution in [2.45, 2.75) is 20.4 Å². The van der Waals surface area contributed by atoms with Gasteiger partial charge in [0, 0.05) is 26.4 Å². The Bertz CT molecular complexity index is 1110. The SMILES string of the molecule is COCCn1c(=N)c(C(=O)NCC(C)C)cc2c(=O)n3ccccc3nc21. The molecule has 3 rings (SSSR count). The van der Waals surface area contributed by atoms with Crippen LogP contribution in [0.1, 0.15) is 24.2 Å². The third-order valence-electron chi connectivity index (χ3n) is 4.25. The summed E-state index contributed by atoms with van der Waals surface area (Å²) in [4.78, 5) is 30.1. The normalized spacial score (nSPS) is 11.4. The Morgan fingerprint density at radius 3 is 2.85 bits per heavy atom. The molecule has 27 heavy (non-hydrogen) atoms. The van der Waals surface area contributed by atoms with Gasteiger partial charge in [0.15, 0.2) is 0 Å². The fourth-order valence-electron chi connectivity index (χ4n) is 2.85. The van der Waals surface area contributed by atoms with Crippen LogP contribution in [0.25, 0.3) is 16.7 Å². The summed E-state index contributed by atoms with van der Waals surface area (Å²) < 4.78 is 8.12. The number of nitrogens with one attached hydrogen (secondary N) is 2. The predicted molar refractivity (Wildman–Crippen MR) is 102 cm³/mol. The van der Waals surface area contributed by atoms with E-state index in [1.165, 1.54) is 10.5 Å². The minimum absolute atomic E-state index is 0.00740. The van der Waals surface area contributed by atoms with Crippen LogP contribution in [0.4, 0.5) is 0 Å². The molecular formula is C19H23N5O3. The van der Waals surface area contributed by atoms with Crippen molar-refractivity contribution in [3.05, 3.63) is 51.9 Å². The van der Waals surface area contributed by atoms with E-state index in [9.17, 15) is 9.59 Å². The lowest BCUT2D eigenvalue weighted by Gasteiger charge is -2.15. The summed E-state index contributed by atoms with van der Waals surface area (Å²) in [6.45, 7) is 5.11. The Labute approximate surface area is 155 Å². The maximum absolute atomic E-state index is 13.0. The van der Waals surface area contributed by atoms with Crippen LogP contribution in [-0.2, 0) is 11.3 Å². The molecule has 8 nitrogen and oxygen atoms in total. The van der Waals surface area contributed by atoms with Crippen LogP contribution in [0.15, 0.2) is 35.3 Å². The average molecular weight is 369 g/mol. The maximum atomic E-state index is 13.0. The van der Waals surface area contributed by atoms with Gasteiger partial charge in [0.2, 0.25) is 0 Å². The van der Waals surface area contributed by atoms with Crippen LogP contribution in [0.2, 0.25) is 0 Å². The molecule has 0 atom stereocenters. The summed E-state index contributed by atoms with van der Waals surface area (Å²) in [7, 11) is 1.56. The number of carbonyl (C=O) groups is 1. The van der Waals surface area contributed by atoms with Crippen LogP contribution >= 0.6 is 0 Å². The molecule has 0 unspecified atom stereocenters. The summed E-state index contributed by atoms with van der Waals surface area (Å²) in [5.74, 6) is -0.0974. The van der Waals surface area contributed by atoms with E-state index in [1.807, 2.05) is 13.8 Å². The summed E-state index contributed by atoms with van der Waals surface area (Å²) in [5, 5.41) is 11.6. The second-order valence-electron chi connectivity index (χ2n) is 6.74. The van der Waals surface area contributed by atoms with Crippen LogP contribution in [0, 0.1) is 11.3 Å². The van der Waals surface area contributed by atoms with Crippen molar-refractivity contribution in [1.29, 1.82) is 5.41 Å². The predicted octanol–water partition coefficient (Wildman–Crippen LogP) is 1.16. The molecule has 0 aliphatic rings. The van der Waals surface area contributed by atoms with Gasteiger partial charge in [-0.1, -0.05) is 19.9 Å². The smallest absolute Gasteiger partial charge is 0.267 e. The number of fused-ring (bicyclic) bond motifs is 2. The number of hydrogen-bond donors (Lipinski definition) is 2. The highest BCUT2D eigenvalue weighted by Gasteiger charge is 2.17. The first-order valence-corrected chi connectivity index (χ1v) is 8.80. The Hall–Kier alpha value is -3.00. The second kappa shape index (κ2) is 7.71. The van der Waals surface area contributed by atoms with Crippen LogP contribution < -0.4 is 16.4 Å². The molecule has 2 N–H and O–H groups in total. The van der Waals surface area contributed by atoms with E-state index >= 15 is 0 Å². The summed E-state index contributed by atoms with van der Waals surface area (Å²) >= 11 is 0. The molecule has 0 bridgehead atoms. The summed E-state index contributed by atoms with van der Waals surface area (Å²) in [6.07, 6.45) is 1.64. The fourth-order valence-corrected chi connectivity index (χ4v) is 2.85. The number of rotatable bonds is 6. The van der Waals surface area contributed by atoms with Gasteiger partial charge in [-0.25, -0.2) is 4.98 Å².